The Balaban J connectivity index is 1.95. The van der Waals surface area contributed by atoms with Gasteiger partial charge in [0.15, 0.2) is 0 Å². The van der Waals surface area contributed by atoms with Crippen LogP contribution in [0.15, 0.2) is 48.7 Å². The van der Waals surface area contributed by atoms with Crippen LogP contribution in [-0.4, -0.2) is 17.4 Å². The zero-order chi connectivity index (χ0) is 14.9. The number of carbonyl (C=O) groups excluding carboxylic acids is 1. The van der Waals surface area contributed by atoms with E-state index in [-0.39, 0.29) is 5.91 Å². The summed E-state index contributed by atoms with van der Waals surface area (Å²) in [5.74, 6) is 0.618. The van der Waals surface area contributed by atoms with E-state index in [9.17, 15) is 4.79 Å². The van der Waals surface area contributed by atoms with Crippen molar-refractivity contribution in [2.75, 3.05) is 17.2 Å². The molecule has 1 heterocycles. The Bertz CT molecular complexity index is 569. The fourth-order valence-electron chi connectivity index (χ4n) is 1.98. The van der Waals surface area contributed by atoms with Crippen molar-refractivity contribution in [3.05, 3.63) is 54.2 Å². The van der Waals surface area contributed by atoms with Crippen molar-refractivity contribution in [2.45, 2.75) is 26.2 Å². The SMILES string of the molecule is CCCCCNc1cc(C(=O)Nc2ccccc2)ccn1. The smallest absolute Gasteiger partial charge is 0.255 e. The van der Waals surface area contributed by atoms with Crippen LogP contribution >= 0.6 is 0 Å². The van der Waals surface area contributed by atoms with Crippen molar-refractivity contribution in [1.82, 2.24) is 4.98 Å². The number of nitrogens with zero attached hydrogens (tertiary/aromatic N) is 1. The summed E-state index contributed by atoms with van der Waals surface area (Å²) in [4.78, 5) is 16.4. The third-order valence-electron chi connectivity index (χ3n) is 3.14. The zero-order valence-corrected chi connectivity index (χ0v) is 12.3. The molecule has 4 heteroatoms. The van der Waals surface area contributed by atoms with Crippen LogP contribution in [0, 0.1) is 0 Å². The highest BCUT2D eigenvalue weighted by molar-refractivity contribution is 6.04. The predicted octanol–water partition coefficient (Wildman–Crippen LogP) is 3.94. The molecule has 1 amide bonds. The van der Waals surface area contributed by atoms with Crippen LogP contribution in [0.4, 0.5) is 11.5 Å². The van der Waals surface area contributed by atoms with E-state index in [1.165, 1.54) is 12.8 Å². The molecule has 0 spiro atoms. The van der Waals surface area contributed by atoms with E-state index in [1.54, 1.807) is 18.3 Å². The second-order valence-electron chi connectivity index (χ2n) is 4.88. The van der Waals surface area contributed by atoms with Gasteiger partial charge in [-0.15, -0.1) is 0 Å². The molecule has 4 nitrogen and oxygen atoms in total. The standard InChI is InChI=1S/C17H21N3O/c1-2-3-7-11-18-16-13-14(10-12-19-16)17(21)20-15-8-5-4-6-9-15/h4-6,8-10,12-13H,2-3,7,11H2,1H3,(H,18,19)(H,20,21). The maximum Gasteiger partial charge on any atom is 0.255 e. The summed E-state index contributed by atoms with van der Waals surface area (Å²) >= 11 is 0. The minimum Gasteiger partial charge on any atom is -0.370 e. The summed E-state index contributed by atoms with van der Waals surface area (Å²) in [6, 6.07) is 12.9. The van der Waals surface area contributed by atoms with Crippen LogP contribution in [-0.2, 0) is 0 Å². The molecule has 2 rings (SSSR count). The second kappa shape index (κ2) is 8.04. The molecule has 0 saturated heterocycles. The summed E-state index contributed by atoms with van der Waals surface area (Å²) in [6.45, 7) is 3.05. The normalized spacial score (nSPS) is 10.1. The maximum atomic E-state index is 12.2. The van der Waals surface area contributed by atoms with Crippen molar-refractivity contribution >= 4 is 17.4 Å². The van der Waals surface area contributed by atoms with Crippen LogP contribution in [0.3, 0.4) is 0 Å². The van der Waals surface area contributed by atoms with Gasteiger partial charge in [0, 0.05) is 24.0 Å². The molecule has 1 aromatic carbocycles. The number of unbranched alkanes of at least 4 members (excludes halogenated alkanes) is 2. The van der Waals surface area contributed by atoms with Gasteiger partial charge in [-0.1, -0.05) is 38.0 Å². The number of hydrogen-bond acceptors (Lipinski definition) is 3. The summed E-state index contributed by atoms with van der Waals surface area (Å²) in [5.41, 5.74) is 1.39. The molecule has 0 saturated carbocycles. The van der Waals surface area contributed by atoms with Crippen molar-refractivity contribution in [1.29, 1.82) is 0 Å². The Hall–Kier alpha value is -2.36. The number of para-hydroxylation sites is 1. The Labute approximate surface area is 125 Å². The lowest BCUT2D eigenvalue weighted by Gasteiger charge is -2.08. The number of nitrogens with one attached hydrogen (secondary N) is 2. The molecule has 0 aliphatic rings. The van der Waals surface area contributed by atoms with Gasteiger partial charge < -0.3 is 10.6 Å². The molecule has 0 aliphatic heterocycles. The molecule has 0 aliphatic carbocycles. The van der Waals surface area contributed by atoms with Gasteiger partial charge in [-0.05, 0) is 30.7 Å². The monoisotopic (exact) mass is 283 g/mol. The number of pyridine rings is 1. The molecule has 1 aromatic heterocycles. The number of amides is 1. The molecule has 0 bridgehead atoms. The average Bonchev–Trinajstić information content (AvgIpc) is 2.53. The Morgan fingerprint density at radius 3 is 2.71 bits per heavy atom. The third-order valence-corrected chi connectivity index (χ3v) is 3.14. The van der Waals surface area contributed by atoms with Crippen LogP contribution in [0.25, 0.3) is 0 Å². The Kier molecular flexibility index (Phi) is 5.76. The van der Waals surface area contributed by atoms with Crippen molar-refractivity contribution in [3.63, 3.8) is 0 Å². The maximum absolute atomic E-state index is 12.2. The van der Waals surface area contributed by atoms with Crippen molar-refractivity contribution < 1.29 is 4.79 Å². The van der Waals surface area contributed by atoms with E-state index in [0.717, 1.165) is 24.5 Å². The van der Waals surface area contributed by atoms with E-state index >= 15 is 0 Å². The van der Waals surface area contributed by atoms with Gasteiger partial charge >= 0.3 is 0 Å². The quantitative estimate of drug-likeness (QED) is 0.757. The van der Waals surface area contributed by atoms with Crippen molar-refractivity contribution in [3.8, 4) is 0 Å². The lowest BCUT2D eigenvalue weighted by Crippen LogP contribution is -2.13. The van der Waals surface area contributed by atoms with Gasteiger partial charge in [0.2, 0.25) is 0 Å². The average molecular weight is 283 g/mol. The van der Waals surface area contributed by atoms with E-state index in [0.29, 0.717) is 5.56 Å². The molecule has 0 fully saturated rings. The van der Waals surface area contributed by atoms with Gasteiger partial charge in [0.25, 0.3) is 5.91 Å². The van der Waals surface area contributed by atoms with Gasteiger partial charge in [0.1, 0.15) is 5.82 Å². The number of carbonyl (C=O) groups is 1. The van der Waals surface area contributed by atoms with Crippen LogP contribution in [0.5, 0.6) is 0 Å². The summed E-state index contributed by atoms with van der Waals surface area (Å²) in [6.07, 6.45) is 5.15. The molecule has 0 radical (unpaired) electrons. The summed E-state index contributed by atoms with van der Waals surface area (Å²) < 4.78 is 0. The largest absolute Gasteiger partial charge is 0.370 e. The van der Waals surface area contributed by atoms with Gasteiger partial charge in [-0.25, -0.2) is 4.98 Å². The fraction of sp³-hybridized carbons (Fsp3) is 0.294. The highest BCUT2D eigenvalue weighted by atomic mass is 16.1. The first-order chi connectivity index (χ1) is 10.3. The van der Waals surface area contributed by atoms with Gasteiger partial charge in [-0.3, -0.25) is 4.79 Å². The molecule has 110 valence electrons. The van der Waals surface area contributed by atoms with E-state index < -0.39 is 0 Å². The van der Waals surface area contributed by atoms with Gasteiger partial charge in [0.05, 0.1) is 0 Å². The molecular weight excluding hydrogens is 262 g/mol. The minimum atomic E-state index is -0.125. The van der Waals surface area contributed by atoms with Crippen molar-refractivity contribution in [2.24, 2.45) is 0 Å². The van der Waals surface area contributed by atoms with Crippen LogP contribution < -0.4 is 10.6 Å². The molecular formula is C17H21N3O. The predicted molar refractivity (Wildman–Crippen MR) is 86.6 cm³/mol. The van der Waals surface area contributed by atoms with E-state index in [2.05, 4.69) is 22.5 Å². The first kappa shape index (κ1) is 15.0. The Morgan fingerprint density at radius 2 is 1.95 bits per heavy atom. The second-order valence-corrected chi connectivity index (χ2v) is 4.88. The lowest BCUT2D eigenvalue weighted by atomic mass is 10.2. The molecule has 2 N–H and O–H groups in total. The first-order valence-electron chi connectivity index (χ1n) is 7.36. The van der Waals surface area contributed by atoms with E-state index in [4.69, 9.17) is 0 Å². The molecule has 0 unspecified atom stereocenters. The zero-order valence-electron chi connectivity index (χ0n) is 12.3. The minimum absolute atomic E-state index is 0.125. The number of benzene rings is 1. The fourth-order valence-corrected chi connectivity index (χ4v) is 1.98. The van der Waals surface area contributed by atoms with Crippen LogP contribution in [0.2, 0.25) is 0 Å². The lowest BCUT2D eigenvalue weighted by molar-refractivity contribution is 0.102. The summed E-state index contributed by atoms with van der Waals surface area (Å²) in [7, 11) is 0. The highest BCUT2D eigenvalue weighted by Gasteiger charge is 2.07. The number of anilines is 2. The number of aromatic nitrogens is 1. The summed E-state index contributed by atoms with van der Waals surface area (Å²) in [5, 5.41) is 6.11. The van der Waals surface area contributed by atoms with Gasteiger partial charge in [-0.2, -0.15) is 0 Å². The molecule has 2 aromatic rings. The topological polar surface area (TPSA) is 54.0 Å². The molecule has 0 atom stereocenters. The van der Waals surface area contributed by atoms with Crippen LogP contribution in [0.1, 0.15) is 36.5 Å². The van der Waals surface area contributed by atoms with E-state index in [1.807, 2.05) is 30.3 Å². The number of hydrogen-bond donors (Lipinski definition) is 2. The Morgan fingerprint density at radius 1 is 1.14 bits per heavy atom. The first-order valence-corrected chi connectivity index (χ1v) is 7.36. The molecule has 21 heavy (non-hydrogen) atoms. The third kappa shape index (κ3) is 4.91. The number of rotatable bonds is 7. The highest BCUT2D eigenvalue weighted by Crippen LogP contribution is 2.11.